The summed E-state index contributed by atoms with van der Waals surface area (Å²) < 4.78 is 46.8. The molecule has 1 atom stereocenters. The lowest BCUT2D eigenvalue weighted by Gasteiger charge is -2.22. The van der Waals surface area contributed by atoms with Crippen molar-refractivity contribution >= 4 is 21.6 Å². The van der Waals surface area contributed by atoms with Crippen LogP contribution in [0.4, 0.5) is 10.1 Å². The zero-order valence-corrected chi connectivity index (χ0v) is 18.8. The minimum absolute atomic E-state index is 0.0269. The SMILES string of the molecule is COc1ccccc1NC(=O)[C@@H](NS(=O)(=O)c1ccc(-c2ccc(F)cc2)cc1)C(C)C. The fourth-order valence-electron chi connectivity index (χ4n) is 3.15. The van der Waals surface area contributed by atoms with Crippen LogP contribution in [0.15, 0.2) is 77.7 Å². The second-order valence-corrected chi connectivity index (χ2v) is 9.28. The molecule has 168 valence electrons. The number of carbonyl (C=O) groups is 1. The van der Waals surface area contributed by atoms with Crippen molar-refractivity contribution in [1.82, 2.24) is 4.72 Å². The Kier molecular flexibility index (Phi) is 7.27. The molecule has 0 aliphatic carbocycles. The summed E-state index contributed by atoms with van der Waals surface area (Å²) >= 11 is 0. The van der Waals surface area contributed by atoms with Crippen molar-refractivity contribution in [3.05, 3.63) is 78.6 Å². The van der Waals surface area contributed by atoms with Crippen molar-refractivity contribution in [3.63, 3.8) is 0 Å². The van der Waals surface area contributed by atoms with Crippen molar-refractivity contribution in [2.45, 2.75) is 24.8 Å². The number of hydrogen-bond donors (Lipinski definition) is 2. The summed E-state index contributed by atoms with van der Waals surface area (Å²) in [7, 11) is -2.48. The van der Waals surface area contributed by atoms with E-state index in [0.29, 0.717) is 11.4 Å². The highest BCUT2D eigenvalue weighted by molar-refractivity contribution is 7.89. The Hall–Kier alpha value is -3.23. The van der Waals surface area contributed by atoms with E-state index in [9.17, 15) is 17.6 Å². The zero-order chi connectivity index (χ0) is 23.3. The minimum Gasteiger partial charge on any atom is -0.495 e. The van der Waals surface area contributed by atoms with Crippen LogP contribution in [0.5, 0.6) is 5.75 Å². The standard InChI is InChI=1S/C24H25FN2O4S/c1-16(2)23(24(28)26-21-6-4-5-7-22(21)31-3)27-32(29,30)20-14-10-18(11-15-20)17-8-12-19(25)13-9-17/h4-16,23,27H,1-3H3,(H,26,28)/t23-/m0/s1. The van der Waals surface area contributed by atoms with Gasteiger partial charge in [-0.05, 0) is 53.4 Å². The van der Waals surface area contributed by atoms with Gasteiger partial charge in [-0.15, -0.1) is 0 Å². The Morgan fingerprint density at radius 3 is 2.03 bits per heavy atom. The average molecular weight is 457 g/mol. The number of methoxy groups -OCH3 is 1. The van der Waals surface area contributed by atoms with Gasteiger partial charge in [0.15, 0.2) is 0 Å². The molecule has 0 unspecified atom stereocenters. The van der Waals surface area contributed by atoms with Crippen LogP contribution in [0.25, 0.3) is 11.1 Å². The number of rotatable bonds is 8. The Balaban J connectivity index is 1.79. The van der Waals surface area contributed by atoms with Crippen molar-refractivity contribution in [2.75, 3.05) is 12.4 Å². The summed E-state index contributed by atoms with van der Waals surface area (Å²) in [6.07, 6.45) is 0. The molecular formula is C24H25FN2O4S. The van der Waals surface area contributed by atoms with Crippen LogP contribution in [0, 0.1) is 11.7 Å². The fourth-order valence-corrected chi connectivity index (χ4v) is 4.50. The number of anilines is 1. The molecule has 0 radical (unpaired) electrons. The maximum atomic E-state index is 13.1. The van der Waals surface area contributed by atoms with Gasteiger partial charge in [0.25, 0.3) is 0 Å². The molecule has 2 N–H and O–H groups in total. The molecule has 3 rings (SSSR count). The molecule has 32 heavy (non-hydrogen) atoms. The van der Waals surface area contributed by atoms with Crippen LogP contribution in [-0.4, -0.2) is 27.5 Å². The Bertz CT molecular complexity index is 1180. The van der Waals surface area contributed by atoms with E-state index in [1.54, 1.807) is 62.4 Å². The number of carbonyl (C=O) groups excluding carboxylic acids is 1. The second kappa shape index (κ2) is 9.93. The number of benzene rings is 3. The normalized spacial score (nSPS) is 12.4. The summed E-state index contributed by atoms with van der Waals surface area (Å²) in [5.41, 5.74) is 1.96. The predicted octanol–water partition coefficient (Wildman–Crippen LogP) is 4.44. The van der Waals surface area contributed by atoms with Crippen LogP contribution in [-0.2, 0) is 14.8 Å². The zero-order valence-electron chi connectivity index (χ0n) is 18.0. The number of sulfonamides is 1. The summed E-state index contributed by atoms with van der Waals surface area (Å²) in [5, 5.41) is 2.73. The van der Waals surface area contributed by atoms with E-state index in [1.807, 2.05) is 0 Å². The molecule has 0 aliphatic rings. The number of nitrogens with one attached hydrogen (secondary N) is 2. The molecule has 0 bridgehead atoms. The number of ether oxygens (including phenoxy) is 1. The maximum absolute atomic E-state index is 13.1. The van der Waals surface area contributed by atoms with E-state index in [1.165, 1.54) is 31.4 Å². The predicted molar refractivity (Wildman–Crippen MR) is 122 cm³/mol. The summed E-state index contributed by atoms with van der Waals surface area (Å²) in [6.45, 7) is 3.51. The van der Waals surface area contributed by atoms with Crippen LogP contribution >= 0.6 is 0 Å². The van der Waals surface area contributed by atoms with Crippen LogP contribution in [0.2, 0.25) is 0 Å². The molecule has 0 heterocycles. The van der Waals surface area contributed by atoms with E-state index >= 15 is 0 Å². The second-order valence-electron chi connectivity index (χ2n) is 7.56. The van der Waals surface area contributed by atoms with Crippen molar-refractivity contribution in [1.29, 1.82) is 0 Å². The van der Waals surface area contributed by atoms with E-state index in [0.717, 1.165) is 11.1 Å². The van der Waals surface area contributed by atoms with Crippen molar-refractivity contribution < 1.29 is 22.3 Å². The third-order valence-corrected chi connectivity index (χ3v) is 6.40. The number of halogens is 1. The first-order chi connectivity index (χ1) is 15.2. The fraction of sp³-hybridized carbons (Fsp3) is 0.208. The lowest BCUT2D eigenvalue weighted by Crippen LogP contribution is -2.47. The first-order valence-corrected chi connectivity index (χ1v) is 11.5. The third kappa shape index (κ3) is 5.52. The highest BCUT2D eigenvalue weighted by Crippen LogP contribution is 2.25. The number of hydrogen-bond acceptors (Lipinski definition) is 4. The molecule has 1 amide bonds. The van der Waals surface area contributed by atoms with Gasteiger partial charge in [0, 0.05) is 0 Å². The molecule has 0 saturated carbocycles. The van der Waals surface area contributed by atoms with Gasteiger partial charge in [-0.3, -0.25) is 4.79 Å². The van der Waals surface area contributed by atoms with E-state index < -0.39 is 22.0 Å². The van der Waals surface area contributed by atoms with Crippen LogP contribution in [0.3, 0.4) is 0 Å². The van der Waals surface area contributed by atoms with E-state index in [4.69, 9.17) is 4.74 Å². The molecule has 6 nitrogen and oxygen atoms in total. The summed E-state index contributed by atoms with van der Waals surface area (Å²) in [5.74, 6) is -0.667. The van der Waals surface area contributed by atoms with Crippen LogP contribution in [0.1, 0.15) is 13.8 Å². The van der Waals surface area contributed by atoms with E-state index in [2.05, 4.69) is 10.0 Å². The molecule has 8 heteroatoms. The molecule has 0 aromatic heterocycles. The van der Waals surface area contributed by atoms with Gasteiger partial charge in [-0.2, -0.15) is 4.72 Å². The van der Waals surface area contributed by atoms with Gasteiger partial charge >= 0.3 is 0 Å². The molecule has 0 saturated heterocycles. The summed E-state index contributed by atoms with van der Waals surface area (Å²) in [6, 6.07) is 18.0. The third-order valence-electron chi connectivity index (χ3n) is 4.94. The molecule has 3 aromatic rings. The topological polar surface area (TPSA) is 84.5 Å². The van der Waals surface area contributed by atoms with Gasteiger partial charge in [-0.25, -0.2) is 12.8 Å². The lowest BCUT2D eigenvalue weighted by molar-refractivity contribution is -0.118. The van der Waals surface area contributed by atoms with E-state index in [-0.39, 0.29) is 16.6 Å². The maximum Gasteiger partial charge on any atom is 0.242 e. The Labute approximate surface area is 187 Å². The average Bonchev–Trinajstić information content (AvgIpc) is 2.78. The van der Waals surface area contributed by atoms with Gasteiger partial charge in [0.1, 0.15) is 17.6 Å². The van der Waals surface area contributed by atoms with Gasteiger partial charge in [-0.1, -0.05) is 50.2 Å². The first-order valence-electron chi connectivity index (χ1n) is 10.0. The monoisotopic (exact) mass is 456 g/mol. The van der Waals surface area contributed by atoms with Crippen molar-refractivity contribution in [2.24, 2.45) is 5.92 Å². The minimum atomic E-state index is -3.97. The molecule has 0 spiro atoms. The highest BCUT2D eigenvalue weighted by atomic mass is 32.2. The first kappa shape index (κ1) is 23.4. The number of amides is 1. The number of para-hydroxylation sites is 2. The van der Waals surface area contributed by atoms with Gasteiger partial charge in [0.2, 0.25) is 15.9 Å². The molecule has 0 aliphatic heterocycles. The molecule has 0 fully saturated rings. The molecule has 3 aromatic carbocycles. The Morgan fingerprint density at radius 2 is 1.47 bits per heavy atom. The Morgan fingerprint density at radius 1 is 0.906 bits per heavy atom. The largest absolute Gasteiger partial charge is 0.495 e. The lowest BCUT2D eigenvalue weighted by atomic mass is 10.0. The summed E-state index contributed by atoms with van der Waals surface area (Å²) in [4.78, 5) is 12.9. The van der Waals surface area contributed by atoms with Gasteiger partial charge in [0.05, 0.1) is 17.7 Å². The quantitative estimate of drug-likeness (QED) is 0.525. The van der Waals surface area contributed by atoms with Crippen molar-refractivity contribution in [3.8, 4) is 16.9 Å². The smallest absolute Gasteiger partial charge is 0.242 e. The highest BCUT2D eigenvalue weighted by Gasteiger charge is 2.29. The molecular weight excluding hydrogens is 431 g/mol. The van der Waals surface area contributed by atoms with Gasteiger partial charge < -0.3 is 10.1 Å². The van der Waals surface area contributed by atoms with Crippen LogP contribution < -0.4 is 14.8 Å².